The van der Waals surface area contributed by atoms with Crippen LogP contribution in [-0.2, 0) is 24.7 Å². The molecular formula is C34H28N6O3. The molecule has 0 saturated carbocycles. The smallest absolute Gasteiger partial charge is 0.253 e. The zero-order valence-electron chi connectivity index (χ0n) is 23.4. The number of para-hydroxylation sites is 1. The predicted octanol–water partition coefficient (Wildman–Crippen LogP) is 4.72. The number of fused-ring (bicyclic) bond motifs is 1. The quantitative estimate of drug-likeness (QED) is 0.255. The van der Waals surface area contributed by atoms with Crippen LogP contribution < -0.4 is 21.1 Å². The number of carbonyl (C=O) groups excluding carboxylic acids is 2. The number of anilines is 2. The molecule has 43 heavy (non-hydrogen) atoms. The predicted molar refractivity (Wildman–Crippen MR) is 165 cm³/mol. The zero-order valence-corrected chi connectivity index (χ0v) is 23.4. The number of nitrogens with two attached hydrogens (primary N) is 1. The Kier molecular flexibility index (Phi) is 7.57. The first-order chi connectivity index (χ1) is 20.9. The third-order valence-electron chi connectivity index (χ3n) is 7.05. The van der Waals surface area contributed by atoms with Gasteiger partial charge in [-0.1, -0.05) is 42.2 Å². The maximum atomic E-state index is 12.8. The first-order valence-corrected chi connectivity index (χ1v) is 13.8. The van der Waals surface area contributed by atoms with Gasteiger partial charge in [-0.25, -0.2) is 9.97 Å². The van der Waals surface area contributed by atoms with Crippen molar-refractivity contribution in [2.24, 2.45) is 7.05 Å². The van der Waals surface area contributed by atoms with Crippen molar-refractivity contribution >= 4 is 23.5 Å². The van der Waals surface area contributed by atoms with E-state index < -0.39 is 0 Å². The summed E-state index contributed by atoms with van der Waals surface area (Å²) in [6.07, 6.45) is 2.50. The second-order valence-corrected chi connectivity index (χ2v) is 10.1. The number of benzene rings is 3. The molecule has 212 valence electrons. The number of nitrogens with zero attached hydrogens (tertiary/aromatic N) is 3. The number of hydrogen-bond donors (Lipinski definition) is 3. The lowest BCUT2D eigenvalue weighted by molar-refractivity contribution is -0.115. The highest BCUT2D eigenvalue weighted by atomic mass is 16.5. The van der Waals surface area contributed by atoms with E-state index >= 15 is 0 Å². The second kappa shape index (κ2) is 11.9. The second-order valence-electron chi connectivity index (χ2n) is 10.1. The van der Waals surface area contributed by atoms with E-state index in [0.717, 1.165) is 34.7 Å². The van der Waals surface area contributed by atoms with Gasteiger partial charge in [0.1, 0.15) is 17.2 Å². The van der Waals surface area contributed by atoms with Crippen molar-refractivity contribution in [2.75, 3.05) is 17.6 Å². The third kappa shape index (κ3) is 6.24. The van der Waals surface area contributed by atoms with Crippen LogP contribution in [0, 0.1) is 11.8 Å². The topological polar surface area (TPSA) is 124 Å². The minimum absolute atomic E-state index is 0.104. The summed E-state index contributed by atoms with van der Waals surface area (Å²) in [6.45, 7) is 0.589. The molecule has 2 aromatic heterocycles. The molecule has 0 fully saturated rings. The SMILES string of the molecule is Cn1c(-c2nc(N)ncc2C#Cc2cccc(CC(=O)Nc3ccc(Oc4ccccc4)cc3)c2)cc2c1CCNC2=O. The first-order valence-electron chi connectivity index (χ1n) is 13.8. The van der Waals surface area contributed by atoms with Gasteiger partial charge in [0.05, 0.1) is 23.2 Å². The standard InChI is InChI=1S/C34H28N6O3/c1-40-29-16-17-36-33(42)28(29)20-30(40)32-24(21-37-34(35)39-32)11-10-22-6-5-7-23(18-22)19-31(41)38-25-12-14-27(15-13-25)43-26-8-3-2-4-9-26/h2-9,12-15,18,20-21H,16-17,19H2,1H3,(H,36,42)(H,38,41)(H2,35,37,39). The van der Waals surface area contributed by atoms with Crippen molar-refractivity contribution in [1.29, 1.82) is 0 Å². The van der Waals surface area contributed by atoms with Crippen molar-refractivity contribution in [2.45, 2.75) is 12.8 Å². The Morgan fingerprint density at radius 3 is 2.60 bits per heavy atom. The number of amides is 2. The first kappa shape index (κ1) is 27.3. The Balaban J connectivity index is 1.16. The summed E-state index contributed by atoms with van der Waals surface area (Å²) in [5.74, 6) is 7.62. The van der Waals surface area contributed by atoms with Crippen molar-refractivity contribution in [1.82, 2.24) is 19.9 Å². The summed E-state index contributed by atoms with van der Waals surface area (Å²) >= 11 is 0. The van der Waals surface area contributed by atoms with Crippen LogP contribution in [0.25, 0.3) is 11.4 Å². The highest BCUT2D eigenvalue weighted by Gasteiger charge is 2.24. The number of nitrogen functional groups attached to an aromatic ring is 1. The van der Waals surface area contributed by atoms with E-state index in [4.69, 9.17) is 10.5 Å². The van der Waals surface area contributed by atoms with Gasteiger partial charge in [0.2, 0.25) is 11.9 Å². The van der Waals surface area contributed by atoms with Gasteiger partial charge in [0.25, 0.3) is 5.91 Å². The molecule has 3 heterocycles. The number of rotatable bonds is 6. The molecule has 2 amide bonds. The van der Waals surface area contributed by atoms with Crippen molar-refractivity contribution in [3.63, 3.8) is 0 Å². The van der Waals surface area contributed by atoms with Crippen LogP contribution in [0.5, 0.6) is 11.5 Å². The Labute approximate surface area is 248 Å². The summed E-state index contributed by atoms with van der Waals surface area (Å²) in [5, 5.41) is 5.80. The van der Waals surface area contributed by atoms with E-state index in [1.165, 1.54) is 0 Å². The highest BCUT2D eigenvalue weighted by molar-refractivity contribution is 5.98. The van der Waals surface area contributed by atoms with Crippen molar-refractivity contribution < 1.29 is 14.3 Å². The summed E-state index contributed by atoms with van der Waals surface area (Å²) in [6, 6.07) is 26.1. The fourth-order valence-electron chi connectivity index (χ4n) is 4.96. The van der Waals surface area contributed by atoms with Crippen LogP contribution in [-0.4, -0.2) is 32.9 Å². The molecule has 9 nitrogen and oxygen atoms in total. The van der Waals surface area contributed by atoms with Crippen LogP contribution >= 0.6 is 0 Å². The molecule has 6 rings (SSSR count). The molecule has 1 aliphatic heterocycles. The van der Waals surface area contributed by atoms with Crippen LogP contribution in [0.3, 0.4) is 0 Å². The number of aromatic nitrogens is 3. The van der Waals surface area contributed by atoms with E-state index in [0.29, 0.717) is 34.8 Å². The van der Waals surface area contributed by atoms with Gasteiger partial charge in [-0.2, -0.15) is 0 Å². The molecule has 0 atom stereocenters. The van der Waals surface area contributed by atoms with Crippen LogP contribution in [0.15, 0.2) is 91.1 Å². The van der Waals surface area contributed by atoms with E-state index in [2.05, 4.69) is 32.4 Å². The molecule has 0 saturated heterocycles. The average molecular weight is 569 g/mol. The molecule has 3 aromatic carbocycles. The van der Waals surface area contributed by atoms with Gasteiger partial charge in [0, 0.05) is 43.2 Å². The highest BCUT2D eigenvalue weighted by Crippen LogP contribution is 2.28. The van der Waals surface area contributed by atoms with E-state index in [1.807, 2.05) is 84.4 Å². The minimum atomic E-state index is -0.146. The van der Waals surface area contributed by atoms with Crippen LogP contribution in [0.2, 0.25) is 0 Å². The fourth-order valence-corrected chi connectivity index (χ4v) is 4.96. The molecular weight excluding hydrogens is 540 g/mol. The molecule has 0 spiro atoms. The van der Waals surface area contributed by atoms with E-state index in [-0.39, 0.29) is 24.2 Å². The van der Waals surface area contributed by atoms with Gasteiger partial charge in [-0.15, -0.1) is 0 Å². The molecule has 0 bridgehead atoms. The van der Waals surface area contributed by atoms with Crippen LogP contribution in [0.1, 0.15) is 32.7 Å². The lowest BCUT2D eigenvalue weighted by Gasteiger charge is -2.14. The number of ether oxygens (including phenoxy) is 1. The van der Waals surface area contributed by atoms with E-state index in [1.54, 1.807) is 18.3 Å². The lowest BCUT2D eigenvalue weighted by Crippen LogP contribution is -2.31. The monoisotopic (exact) mass is 568 g/mol. The molecule has 4 N–H and O–H groups in total. The Hall–Kier alpha value is -5.88. The molecule has 0 unspecified atom stereocenters. The Morgan fingerprint density at radius 2 is 1.81 bits per heavy atom. The van der Waals surface area contributed by atoms with Crippen LogP contribution in [0.4, 0.5) is 11.6 Å². The molecule has 1 aliphatic rings. The van der Waals surface area contributed by atoms with Gasteiger partial charge >= 0.3 is 0 Å². The Morgan fingerprint density at radius 1 is 1.02 bits per heavy atom. The minimum Gasteiger partial charge on any atom is -0.457 e. The van der Waals surface area contributed by atoms with Crippen molar-refractivity contribution in [3.8, 4) is 34.7 Å². The number of hydrogen-bond acceptors (Lipinski definition) is 6. The van der Waals surface area contributed by atoms with Gasteiger partial charge in [0.15, 0.2) is 0 Å². The third-order valence-corrected chi connectivity index (χ3v) is 7.05. The maximum absolute atomic E-state index is 12.8. The summed E-state index contributed by atoms with van der Waals surface area (Å²) < 4.78 is 7.78. The summed E-state index contributed by atoms with van der Waals surface area (Å²) in [5.41, 5.74) is 11.6. The molecule has 0 aliphatic carbocycles. The van der Waals surface area contributed by atoms with Gasteiger partial charge in [-0.3, -0.25) is 9.59 Å². The zero-order chi connectivity index (χ0) is 29.8. The Bertz CT molecular complexity index is 1890. The summed E-state index contributed by atoms with van der Waals surface area (Å²) in [4.78, 5) is 33.8. The number of nitrogens with one attached hydrogen (secondary N) is 2. The molecule has 9 heteroatoms. The van der Waals surface area contributed by atoms with Crippen molar-refractivity contribution in [3.05, 3.63) is 119 Å². The van der Waals surface area contributed by atoms with Gasteiger partial charge in [-0.05, 0) is 60.2 Å². The van der Waals surface area contributed by atoms with Gasteiger partial charge < -0.3 is 25.7 Å². The fraction of sp³-hybridized carbons (Fsp3) is 0.118. The normalized spacial score (nSPS) is 12.0. The average Bonchev–Trinajstić information content (AvgIpc) is 3.35. The van der Waals surface area contributed by atoms with E-state index in [9.17, 15) is 9.59 Å². The molecule has 5 aromatic rings. The lowest BCUT2D eigenvalue weighted by atomic mass is 10.1. The largest absolute Gasteiger partial charge is 0.457 e. The number of carbonyl (C=O) groups is 2. The summed E-state index contributed by atoms with van der Waals surface area (Å²) in [7, 11) is 1.91. The maximum Gasteiger partial charge on any atom is 0.253 e. The molecule has 0 radical (unpaired) electrons.